The number of benzene rings is 2. The summed E-state index contributed by atoms with van der Waals surface area (Å²) >= 11 is 1.62. The second kappa shape index (κ2) is 8.81. The van der Waals surface area contributed by atoms with Gasteiger partial charge in [0.1, 0.15) is 17.0 Å². The van der Waals surface area contributed by atoms with Gasteiger partial charge in [-0.15, -0.1) is 11.3 Å². The lowest BCUT2D eigenvalue weighted by Crippen LogP contribution is -2.14. The molecule has 3 heterocycles. The van der Waals surface area contributed by atoms with Crippen LogP contribution in [0.5, 0.6) is 0 Å². The molecule has 5 rings (SSSR count). The first-order valence-electron chi connectivity index (χ1n) is 10.4. The van der Waals surface area contributed by atoms with Crippen molar-refractivity contribution in [3.8, 4) is 11.1 Å². The third kappa shape index (κ3) is 4.33. The van der Waals surface area contributed by atoms with E-state index in [-0.39, 0.29) is 10.8 Å². The molecule has 0 aliphatic rings. The number of aromatic nitrogens is 4. The lowest BCUT2D eigenvalue weighted by atomic mass is 10.0. The van der Waals surface area contributed by atoms with Crippen LogP contribution in [0.1, 0.15) is 10.4 Å². The van der Waals surface area contributed by atoms with E-state index in [2.05, 4.69) is 68.1 Å². The van der Waals surface area contributed by atoms with Gasteiger partial charge < -0.3 is 5.32 Å². The number of rotatable bonds is 6. The first-order valence-corrected chi connectivity index (χ1v) is 12.7. The van der Waals surface area contributed by atoms with Crippen LogP contribution in [0.4, 0.5) is 17.5 Å². The van der Waals surface area contributed by atoms with Crippen LogP contribution in [0, 0.1) is 13.8 Å². The number of thiophene rings is 1. The predicted octanol–water partition coefficient (Wildman–Crippen LogP) is 5.31. The van der Waals surface area contributed by atoms with Gasteiger partial charge in [-0.2, -0.15) is 0 Å². The van der Waals surface area contributed by atoms with E-state index < -0.39 is 10.0 Å². The predicted molar refractivity (Wildman–Crippen MR) is 135 cm³/mol. The summed E-state index contributed by atoms with van der Waals surface area (Å²) in [5, 5.41) is 4.26. The van der Waals surface area contributed by atoms with Gasteiger partial charge in [0.25, 0.3) is 10.0 Å². The number of sulfonamides is 1. The summed E-state index contributed by atoms with van der Waals surface area (Å²) in [7, 11) is -3.81. The Balaban J connectivity index is 1.46. The molecule has 0 saturated heterocycles. The molecule has 2 aromatic carbocycles. The molecule has 3 aromatic heterocycles. The van der Waals surface area contributed by atoms with Gasteiger partial charge in [-0.3, -0.25) is 0 Å². The number of aryl methyl sites for hydroxylation is 2. The first kappa shape index (κ1) is 21.9. The second-order valence-corrected chi connectivity index (χ2v) is 10.5. The van der Waals surface area contributed by atoms with E-state index in [0.717, 1.165) is 26.2 Å². The summed E-state index contributed by atoms with van der Waals surface area (Å²) in [6.07, 6.45) is 4.47. The highest BCUT2D eigenvalue weighted by atomic mass is 32.2. The average Bonchev–Trinajstić information content (AvgIpc) is 3.17. The fourth-order valence-corrected chi connectivity index (χ4v) is 5.56. The Kier molecular flexibility index (Phi) is 5.68. The van der Waals surface area contributed by atoms with Crippen LogP contribution in [0.3, 0.4) is 0 Å². The summed E-state index contributed by atoms with van der Waals surface area (Å²) < 4.78 is 27.7. The zero-order chi connectivity index (χ0) is 23.7. The van der Waals surface area contributed by atoms with E-state index in [4.69, 9.17) is 0 Å². The average molecular weight is 489 g/mol. The zero-order valence-corrected chi connectivity index (χ0v) is 20.0. The van der Waals surface area contributed by atoms with E-state index in [0.29, 0.717) is 11.5 Å². The number of anilines is 3. The van der Waals surface area contributed by atoms with Crippen LogP contribution in [0.2, 0.25) is 0 Å². The van der Waals surface area contributed by atoms with Crippen molar-refractivity contribution in [3.05, 3.63) is 83.8 Å². The number of hydrogen-bond donors (Lipinski definition) is 2. The minimum atomic E-state index is -3.81. The van der Waals surface area contributed by atoms with Gasteiger partial charge in [-0.1, -0.05) is 29.8 Å². The Morgan fingerprint density at radius 3 is 2.26 bits per heavy atom. The molecule has 0 radical (unpaired) electrons. The molecule has 8 nitrogen and oxygen atoms in total. The Labute approximate surface area is 200 Å². The SMILES string of the molecule is Cc1ccc(-c2c(C)sc3ncnc(Nc4ccc(S(=O)(=O)Nc5ncccn5)cc4)c23)cc1. The Morgan fingerprint density at radius 1 is 0.853 bits per heavy atom. The van der Waals surface area contributed by atoms with Crippen LogP contribution < -0.4 is 10.0 Å². The van der Waals surface area contributed by atoms with E-state index >= 15 is 0 Å². The van der Waals surface area contributed by atoms with Crippen molar-refractivity contribution in [1.82, 2.24) is 19.9 Å². The van der Waals surface area contributed by atoms with Crippen molar-refractivity contribution < 1.29 is 8.42 Å². The van der Waals surface area contributed by atoms with Gasteiger partial charge in [-0.25, -0.2) is 33.1 Å². The fraction of sp³-hybridized carbons (Fsp3) is 0.0833. The van der Waals surface area contributed by atoms with E-state index in [1.807, 2.05) is 0 Å². The van der Waals surface area contributed by atoms with Gasteiger partial charge in [0.05, 0.1) is 10.3 Å². The number of nitrogens with one attached hydrogen (secondary N) is 2. The van der Waals surface area contributed by atoms with Crippen LogP contribution >= 0.6 is 11.3 Å². The molecule has 0 saturated carbocycles. The van der Waals surface area contributed by atoms with E-state index in [1.54, 1.807) is 29.5 Å². The molecular weight excluding hydrogens is 468 g/mol. The van der Waals surface area contributed by atoms with Crippen molar-refractivity contribution in [2.75, 3.05) is 10.0 Å². The molecule has 0 amide bonds. The molecule has 5 aromatic rings. The van der Waals surface area contributed by atoms with Gasteiger partial charge in [0.15, 0.2) is 0 Å². The maximum absolute atomic E-state index is 12.6. The summed E-state index contributed by atoms with van der Waals surface area (Å²) in [5.74, 6) is 0.681. The van der Waals surface area contributed by atoms with Crippen molar-refractivity contribution in [2.24, 2.45) is 0 Å². The molecule has 170 valence electrons. The normalized spacial score (nSPS) is 11.5. The smallest absolute Gasteiger partial charge is 0.264 e. The molecule has 0 aliphatic carbocycles. The summed E-state index contributed by atoms with van der Waals surface area (Å²) in [6.45, 7) is 4.14. The van der Waals surface area contributed by atoms with Crippen LogP contribution in [0.25, 0.3) is 21.3 Å². The molecule has 10 heteroatoms. The van der Waals surface area contributed by atoms with Crippen LogP contribution in [-0.4, -0.2) is 28.4 Å². The first-order chi connectivity index (χ1) is 16.4. The van der Waals surface area contributed by atoms with E-state index in [1.165, 1.54) is 36.4 Å². The monoisotopic (exact) mass is 488 g/mol. The molecule has 2 N–H and O–H groups in total. The van der Waals surface area contributed by atoms with Crippen molar-refractivity contribution in [2.45, 2.75) is 18.7 Å². The minimum Gasteiger partial charge on any atom is -0.340 e. The molecule has 34 heavy (non-hydrogen) atoms. The van der Waals surface area contributed by atoms with Gasteiger partial charge in [-0.05, 0) is 49.7 Å². The highest BCUT2D eigenvalue weighted by molar-refractivity contribution is 7.92. The summed E-state index contributed by atoms with van der Waals surface area (Å²) in [6, 6.07) is 16.4. The fourth-order valence-electron chi connectivity index (χ4n) is 3.59. The minimum absolute atomic E-state index is 0.0181. The van der Waals surface area contributed by atoms with Crippen LogP contribution in [0.15, 0.2) is 78.2 Å². The molecule has 0 unspecified atom stereocenters. The van der Waals surface area contributed by atoms with Crippen molar-refractivity contribution in [1.29, 1.82) is 0 Å². The third-order valence-corrected chi connectivity index (χ3v) is 7.58. The zero-order valence-electron chi connectivity index (χ0n) is 18.4. The standard InChI is InChI=1S/C24H20N6O2S2/c1-15-4-6-17(7-5-15)20-16(2)33-23-21(20)22(27-14-28-23)29-18-8-10-19(11-9-18)34(31,32)30-24-25-12-3-13-26-24/h3-14H,1-2H3,(H,25,26,30)(H,27,28,29). The summed E-state index contributed by atoms with van der Waals surface area (Å²) in [4.78, 5) is 18.9. The van der Waals surface area contributed by atoms with Crippen LogP contribution in [-0.2, 0) is 10.0 Å². The number of hydrogen-bond acceptors (Lipinski definition) is 8. The topological polar surface area (TPSA) is 110 Å². The molecule has 0 aliphatic heterocycles. The molecular formula is C24H20N6O2S2. The molecule has 0 bridgehead atoms. The molecule has 0 spiro atoms. The maximum atomic E-state index is 12.6. The maximum Gasteiger partial charge on any atom is 0.264 e. The lowest BCUT2D eigenvalue weighted by molar-refractivity contribution is 0.601. The van der Waals surface area contributed by atoms with Crippen molar-refractivity contribution in [3.63, 3.8) is 0 Å². The summed E-state index contributed by atoms with van der Waals surface area (Å²) in [5.41, 5.74) is 4.09. The Hall–Kier alpha value is -3.89. The van der Waals surface area contributed by atoms with Gasteiger partial charge >= 0.3 is 0 Å². The Bertz CT molecular complexity index is 1570. The van der Waals surface area contributed by atoms with Gasteiger partial charge in [0.2, 0.25) is 5.95 Å². The second-order valence-electron chi connectivity index (χ2n) is 7.63. The number of fused-ring (bicyclic) bond motifs is 1. The highest BCUT2D eigenvalue weighted by Crippen LogP contribution is 2.41. The van der Waals surface area contributed by atoms with Crippen molar-refractivity contribution >= 4 is 49.0 Å². The highest BCUT2D eigenvalue weighted by Gasteiger charge is 2.18. The van der Waals surface area contributed by atoms with E-state index in [9.17, 15) is 8.42 Å². The molecule has 0 atom stereocenters. The quantitative estimate of drug-likeness (QED) is 0.333. The third-order valence-electron chi connectivity index (χ3n) is 5.22. The molecule has 0 fully saturated rings. The lowest BCUT2D eigenvalue weighted by Gasteiger charge is -2.11. The largest absolute Gasteiger partial charge is 0.340 e. The van der Waals surface area contributed by atoms with Gasteiger partial charge in [0, 0.05) is 28.5 Å². The number of nitrogens with zero attached hydrogens (tertiary/aromatic N) is 4. The Morgan fingerprint density at radius 2 is 1.56 bits per heavy atom.